The van der Waals surface area contributed by atoms with Gasteiger partial charge in [0.15, 0.2) is 0 Å². The highest BCUT2D eigenvalue weighted by Gasteiger charge is 2.15. The van der Waals surface area contributed by atoms with Crippen molar-refractivity contribution in [2.24, 2.45) is 0 Å². The second-order valence-corrected chi connectivity index (χ2v) is 7.76. The van der Waals surface area contributed by atoms with Crippen molar-refractivity contribution in [1.29, 1.82) is 0 Å². The Morgan fingerprint density at radius 3 is 2.50 bits per heavy atom. The molecule has 156 valence electrons. The molecule has 1 unspecified atom stereocenters. The third-order valence-corrected chi connectivity index (χ3v) is 5.43. The highest BCUT2D eigenvalue weighted by molar-refractivity contribution is 5.85. The van der Waals surface area contributed by atoms with Gasteiger partial charge in [-0.1, -0.05) is 92.7 Å². The Hall–Kier alpha value is -3.07. The van der Waals surface area contributed by atoms with Crippen LogP contribution in [-0.2, 0) is 17.8 Å². The van der Waals surface area contributed by atoms with Gasteiger partial charge in [0.2, 0.25) is 5.91 Å². The minimum atomic E-state index is -0.0470. The maximum Gasteiger partial charge on any atom is 0.220 e. The third-order valence-electron chi connectivity index (χ3n) is 5.43. The number of nitrogens with one attached hydrogen (secondary N) is 2. The number of amides is 1. The van der Waals surface area contributed by atoms with Crippen LogP contribution < -0.4 is 10.6 Å². The summed E-state index contributed by atoms with van der Waals surface area (Å²) in [6.07, 6.45) is 4.18. The number of rotatable bonds is 11. The van der Waals surface area contributed by atoms with E-state index in [4.69, 9.17) is 0 Å². The first kappa shape index (κ1) is 21.6. The van der Waals surface area contributed by atoms with Gasteiger partial charge in [0.25, 0.3) is 0 Å². The van der Waals surface area contributed by atoms with Crippen LogP contribution in [0.25, 0.3) is 10.8 Å². The maximum atomic E-state index is 12.5. The van der Waals surface area contributed by atoms with Crippen molar-refractivity contribution in [3.63, 3.8) is 0 Å². The zero-order valence-electron chi connectivity index (χ0n) is 17.9. The maximum absolute atomic E-state index is 12.5. The van der Waals surface area contributed by atoms with Gasteiger partial charge in [-0.05, 0) is 41.2 Å². The van der Waals surface area contributed by atoms with Crippen molar-refractivity contribution in [2.45, 2.75) is 51.6 Å². The van der Waals surface area contributed by atoms with Crippen molar-refractivity contribution in [1.82, 2.24) is 10.6 Å². The standard InChI is InChI=1S/C27H32N2O/c1-3-11-26(29-27(30)19-9-14-22-12-5-4-6-13-22)21(2)28-20-24-17-10-16-23-15-7-8-18-25(23)24/h4-8,10,12-13,15-18,26,28H,2-3,9,11,14,19-20H2,1H3,(H,29,30). The lowest BCUT2D eigenvalue weighted by Crippen LogP contribution is -2.39. The average Bonchev–Trinajstić information content (AvgIpc) is 2.78. The van der Waals surface area contributed by atoms with Crippen LogP contribution in [0.2, 0.25) is 0 Å². The normalized spacial score (nSPS) is 11.8. The van der Waals surface area contributed by atoms with Gasteiger partial charge in [-0.2, -0.15) is 0 Å². The second-order valence-electron chi connectivity index (χ2n) is 7.76. The van der Waals surface area contributed by atoms with E-state index in [1.165, 1.54) is 21.9 Å². The molecule has 0 heterocycles. The van der Waals surface area contributed by atoms with Crippen LogP contribution in [0, 0.1) is 0 Å². The molecule has 3 rings (SSSR count). The average molecular weight is 401 g/mol. The number of aryl methyl sites for hydroxylation is 1. The van der Waals surface area contributed by atoms with Gasteiger partial charge in [0.05, 0.1) is 6.04 Å². The number of hydrogen-bond acceptors (Lipinski definition) is 2. The summed E-state index contributed by atoms with van der Waals surface area (Å²) in [4.78, 5) is 12.5. The largest absolute Gasteiger partial charge is 0.383 e. The van der Waals surface area contributed by atoms with E-state index >= 15 is 0 Å². The summed E-state index contributed by atoms with van der Waals surface area (Å²) in [5.74, 6) is 0.0949. The Bertz CT molecular complexity index is 960. The monoisotopic (exact) mass is 400 g/mol. The summed E-state index contributed by atoms with van der Waals surface area (Å²) in [5, 5.41) is 9.11. The second kappa shape index (κ2) is 11.2. The van der Waals surface area contributed by atoms with Crippen molar-refractivity contribution >= 4 is 16.7 Å². The zero-order chi connectivity index (χ0) is 21.2. The van der Waals surface area contributed by atoms with E-state index in [0.29, 0.717) is 13.0 Å². The van der Waals surface area contributed by atoms with Crippen LogP contribution >= 0.6 is 0 Å². The highest BCUT2D eigenvalue weighted by Crippen LogP contribution is 2.19. The van der Waals surface area contributed by atoms with Crippen LogP contribution in [-0.4, -0.2) is 11.9 Å². The van der Waals surface area contributed by atoms with Gasteiger partial charge >= 0.3 is 0 Å². The molecular weight excluding hydrogens is 368 g/mol. The number of fused-ring (bicyclic) bond motifs is 1. The van der Waals surface area contributed by atoms with E-state index in [-0.39, 0.29) is 11.9 Å². The molecule has 30 heavy (non-hydrogen) atoms. The smallest absolute Gasteiger partial charge is 0.220 e. The predicted molar refractivity (Wildman–Crippen MR) is 126 cm³/mol. The van der Waals surface area contributed by atoms with Gasteiger partial charge < -0.3 is 10.6 Å². The molecule has 0 spiro atoms. The molecule has 0 radical (unpaired) electrons. The molecule has 0 fully saturated rings. The quantitative estimate of drug-likeness (QED) is 0.430. The molecule has 1 amide bonds. The summed E-state index contributed by atoms with van der Waals surface area (Å²) >= 11 is 0. The van der Waals surface area contributed by atoms with Crippen molar-refractivity contribution < 1.29 is 4.79 Å². The molecule has 0 aliphatic carbocycles. The van der Waals surface area contributed by atoms with Gasteiger partial charge in [-0.3, -0.25) is 4.79 Å². The first-order chi connectivity index (χ1) is 14.7. The molecular formula is C27H32N2O. The molecule has 3 aromatic rings. The summed E-state index contributed by atoms with van der Waals surface area (Å²) in [6, 6.07) is 25.0. The molecule has 0 aliphatic heterocycles. The molecule has 0 saturated carbocycles. The lowest BCUT2D eigenvalue weighted by Gasteiger charge is -2.22. The molecule has 3 heteroatoms. The Kier molecular flexibility index (Phi) is 8.08. The molecule has 0 aromatic heterocycles. The molecule has 2 N–H and O–H groups in total. The number of carbonyl (C=O) groups excluding carboxylic acids is 1. The number of benzene rings is 3. The van der Waals surface area contributed by atoms with E-state index in [9.17, 15) is 4.79 Å². The fourth-order valence-corrected chi connectivity index (χ4v) is 3.77. The van der Waals surface area contributed by atoms with Crippen molar-refractivity contribution in [3.8, 4) is 0 Å². The Morgan fingerprint density at radius 1 is 0.967 bits per heavy atom. The van der Waals surface area contributed by atoms with Gasteiger partial charge in [0, 0.05) is 18.7 Å². The minimum absolute atomic E-state index is 0.0470. The fourth-order valence-electron chi connectivity index (χ4n) is 3.77. The molecule has 3 aromatic carbocycles. The van der Waals surface area contributed by atoms with Crippen molar-refractivity contribution in [2.75, 3.05) is 0 Å². The van der Waals surface area contributed by atoms with E-state index in [2.05, 4.69) is 78.7 Å². The molecule has 0 bridgehead atoms. The van der Waals surface area contributed by atoms with E-state index in [1.807, 2.05) is 18.2 Å². The van der Waals surface area contributed by atoms with E-state index in [0.717, 1.165) is 31.4 Å². The van der Waals surface area contributed by atoms with Crippen LogP contribution in [0.15, 0.2) is 85.1 Å². The SMILES string of the molecule is C=C(NCc1cccc2ccccc12)C(CCC)NC(=O)CCCc1ccccc1. The van der Waals surface area contributed by atoms with E-state index in [1.54, 1.807) is 0 Å². The molecule has 0 saturated heterocycles. The van der Waals surface area contributed by atoms with Gasteiger partial charge in [0.1, 0.15) is 0 Å². The molecule has 0 aliphatic rings. The first-order valence-corrected chi connectivity index (χ1v) is 10.9. The fraction of sp³-hybridized carbons (Fsp3) is 0.296. The number of hydrogen-bond donors (Lipinski definition) is 2. The summed E-state index contributed by atoms with van der Waals surface area (Å²) in [6.45, 7) is 7.05. The Balaban J connectivity index is 1.51. The van der Waals surface area contributed by atoms with Crippen molar-refractivity contribution in [3.05, 3.63) is 96.2 Å². The Morgan fingerprint density at radius 2 is 1.70 bits per heavy atom. The van der Waals surface area contributed by atoms with Crippen LogP contribution in [0.1, 0.15) is 43.7 Å². The highest BCUT2D eigenvalue weighted by atomic mass is 16.1. The van der Waals surface area contributed by atoms with Gasteiger partial charge in [-0.25, -0.2) is 0 Å². The molecule has 1 atom stereocenters. The van der Waals surface area contributed by atoms with Gasteiger partial charge in [-0.15, -0.1) is 0 Å². The van der Waals surface area contributed by atoms with Crippen LogP contribution in [0.3, 0.4) is 0 Å². The first-order valence-electron chi connectivity index (χ1n) is 10.9. The van der Waals surface area contributed by atoms with Crippen LogP contribution in [0.4, 0.5) is 0 Å². The Labute approximate surface area is 180 Å². The molecule has 3 nitrogen and oxygen atoms in total. The third kappa shape index (κ3) is 6.21. The number of carbonyl (C=O) groups is 1. The summed E-state index contributed by atoms with van der Waals surface area (Å²) in [5.41, 5.74) is 3.39. The summed E-state index contributed by atoms with van der Waals surface area (Å²) in [7, 11) is 0. The summed E-state index contributed by atoms with van der Waals surface area (Å²) < 4.78 is 0. The van der Waals surface area contributed by atoms with E-state index < -0.39 is 0 Å². The zero-order valence-corrected chi connectivity index (χ0v) is 17.9. The minimum Gasteiger partial charge on any atom is -0.383 e. The lowest BCUT2D eigenvalue weighted by atomic mass is 10.0. The predicted octanol–water partition coefficient (Wildman–Crippen LogP) is 5.75. The lowest BCUT2D eigenvalue weighted by molar-refractivity contribution is -0.121. The topological polar surface area (TPSA) is 41.1 Å². The van der Waals surface area contributed by atoms with Crippen LogP contribution in [0.5, 0.6) is 0 Å².